The molecule has 1 aliphatic carbocycles. The van der Waals surface area contributed by atoms with Gasteiger partial charge in [-0.3, -0.25) is 0 Å². The zero-order chi connectivity index (χ0) is 14.2. The molecule has 1 saturated heterocycles. The van der Waals surface area contributed by atoms with Gasteiger partial charge in [-0.05, 0) is 33.2 Å². The van der Waals surface area contributed by atoms with Gasteiger partial charge in [0.2, 0.25) is 0 Å². The van der Waals surface area contributed by atoms with Crippen molar-refractivity contribution in [3.63, 3.8) is 0 Å². The SMILES string of the molecule is CCNCc1sc(N2CCOC(C)(C)C2)nc1C1CC1. The predicted molar refractivity (Wildman–Crippen MR) is 83.7 cm³/mol. The molecule has 1 aromatic heterocycles. The van der Waals surface area contributed by atoms with Crippen molar-refractivity contribution < 1.29 is 4.74 Å². The maximum Gasteiger partial charge on any atom is 0.186 e. The number of nitrogens with one attached hydrogen (secondary N) is 1. The van der Waals surface area contributed by atoms with Gasteiger partial charge in [0.25, 0.3) is 0 Å². The Morgan fingerprint density at radius 2 is 2.25 bits per heavy atom. The van der Waals surface area contributed by atoms with Gasteiger partial charge in [0, 0.05) is 30.4 Å². The van der Waals surface area contributed by atoms with E-state index in [4.69, 9.17) is 9.72 Å². The second-order valence-electron chi connectivity index (χ2n) is 6.39. The molecular weight excluding hydrogens is 270 g/mol. The number of nitrogens with zero attached hydrogens (tertiary/aromatic N) is 2. The Bertz CT molecular complexity index is 468. The van der Waals surface area contributed by atoms with Crippen LogP contribution in [0.4, 0.5) is 5.13 Å². The van der Waals surface area contributed by atoms with Crippen LogP contribution >= 0.6 is 11.3 Å². The molecule has 0 amide bonds. The number of thiazole rings is 1. The normalized spacial score (nSPS) is 22.2. The molecule has 2 fully saturated rings. The van der Waals surface area contributed by atoms with Crippen LogP contribution in [0.25, 0.3) is 0 Å². The summed E-state index contributed by atoms with van der Waals surface area (Å²) in [6.45, 7) is 11.2. The van der Waals surface area contributed by atoms with Crippen LogP contribution < -0.4 is 10.2 Å². The van der Waals surface area contributed by atoms with Crippen LogP contribution in [0.3, 0.4) is 0 Å². The molecule has 0 atom stereocenters. The molecule has 4 nitrogen and oxygen atoms in total. The minimum absolute atomic E-state index is 0.0640. The van der Waals surface area contributed by atoms with Gasteiger partial charge < -0.3 is 15.0 Å². The summed E-state index contributed by atoms with van der Waals surface area (Å²) >= 11 is 1.87. The molecular formula is C15H25N3OS. The molecule has 2 heterocycles. The molecule has 112 valence electrons. The van der Waals surface area contributed by atoms with E-state index in [0.29, 0.717) is 0 Å². The highest BCUT2D eigenvalue weighted by molar-refractivity contribution is 7.15. The minimum atomic E-state index is -0.0640. The lowest BCUT2D eigenvalue weighted by atomic mass is 10.1. The Balaban J connectivity index is 1.78. The van der Waals surface area contributed by atoms with Gasteiger partial charge in [0.1, 0.15) is 0 Å². The van der Waals surface area contributed by atoms with E-state index in [2.05, 4.69) is 31.0 Å². The molecule has 0 radical (unpaired) electrons. The molecule has 2 aliphatic rings. The maximum atomic E-state index is 5.80. The highest BCUT2D eigenvalue weighted by Gasteiger charge is 2.33. The van der Waals surface area contributed by atoms with Crippen LogP contribution in [0.2, 0.25) is 0 Å². The third-order valence-electron chi connectivity index (χ3n) is 3.91. The summed E-state index contributed by atoms with van der Waals surface area (Å²) in [5, 5.41) is 4.64. The van der Waals surface area contributed by atoms with Crippen molar-refractivity contribution in [3.8, 4) is 0 Å². The first kappa shape index (κ1) is 14.3. The average Bonchev–Trinajstić information content (AvgIpc) is 3.15. The number of ether oxygens (including phenoxy) is 1. The molecule has 20 heavy (non-hydrogen) atoms. The summed E-state index contributed by atoms with van der Waals surface area (Å²) in [5.74, 6) is 0.725. The molecule has 1 aliphatic heterocycles. The lowest BCUT2D eigenvalue weighted by Crippen LogP contribution is -2.48. The zero-order valence-electron chi connectivity index (χ0n) is 12.7. The third-order valence-corrected chi connectivity index (χ3v) is 5.04. The van der Waals surface area contributed by atoms with E-state index >= 15 is 0 Å². The first-order valence-corrected chi connectivity index (χ1v) is 8.50. The van der Waals surface area contributed by atoms with E-state index < -0.39 is 0 Å². The van der Waals surface area contributed by atoms with Gasteiger partial charge in [-0.2, -0.15) is 0 Å². The third kappa shape index (κ3) is 3.15. The van der Waals surface area contributed by atoms with Crippen molar-refractivity contribution in [1.29, 1.82) is 0 Å². The van der Waals surface area contributed by atoms with E-state index in [-0.39, 0.29) is 5.60 Å². The van der Waals surface area contributed by atoms with Crippen molar-refractivity contribution >= 4 is 16.5 Å². The summed E-state index contributed by atoms with van der Waals surface area (Å²) in [4.78, 5) is 8.80. The number of anilines is 1. The van der Waals surface area contributed by atoms with Crippen molar-refractivity contribution in [1.82, 2.24) is 10.3 Å². The second kappa shape index (κ2) is 5.62. The van der Waals surface area contributed by atoms with E-state index in [1.165, 1.54) is 28.5 Å². The molecule has 3 rings (SSSR count). The van der Waals surface area contributed by atoms with Gasteiger partial charge in [-0.25, -0.2) is 4.98 Å². The van der Waals surface area contributed by atoms with E-state index in [1.54, 1.807) is 0 Å². The predicted octanol–water partition coefficient (Wildman–Crippen LogP) is 2.75. The van der Waals surface area contributed by atoms with Crippen molar-refractivity contribution in [2.24, 2.45) is 0 Å². The highest BCUT2D eigenvalue weighted by atomic mass is 32.1. The van der Waals surface area contributed by atoms with Crippen LogP contribution in [-0.2, 0) is 11.3 Å². The number of hydrogen-bond donors (Lipinski definition) is 1. The highest BCUT2D eigenvalue weighted by Crippen LogP contribution is 2.44. The first-order valence-electron chi connectivity index (χ1n) is 7.68. The van der Waals surface area contributed by atoms with Gasteiger partial charge in [-0.15, -0.1) is 11.3 Å². The lowest BCUT2D eigenvalue weighted by Gasteiger charge is -2.38. The molecule has 5 heteroatoms. The zero-order valence-corrected chi connectivity index (χ0v) is 13.6. The van der Waals surface area contributed by atoms with Crippen LogP contribution in [0.1, 0.15) is 50.1 Å². The monoisotopic (exact) mass is 295 g/mol. The number of hydrogen-bond acceptors (Lipinski definition) is 5. The van der Waals surface area contributed by atoms with Crippen molar-refractivity contribution in [2.75, 3.05) is 31.1 Å². The molecule has 0 spiro atoms. The quantitative estimate of drug-likeness (QED) is 0.906. The average molecular weight is 295 g/mol. The largest absolute Gasteiger partial charge is 0.372 e. The molecule has 0 unspecified atom stereocenters. The van der Waals surface area contributed by atoms with E-state index in [9.17, 15) is 0 Å². The Kier molecular flexibility index (Phi) is 4.02. The molecule has 1 N–H and O–H groups in total. The first-order chi connectivity index (χ1) is 9.59. The topological polar surface area (TPSA) is 37.4 Å². The van der Waals surface area contributed by atoms with Gasteiger partial charge in [-0.1, -0.05) is 6.92 Å². The Hall–Kier alpha value is -0.650. The molecule has 0 aromatic carbocycles. The van der Waals surface area contributed by atoms with Crippen molar-refractivity contribution in [2.45, 2.75) is 51.7 Å². The number of morpholine rings is 1. The van der Waals surface area contributed by atoms with E-state index in [1.807, 2.05) is 11.3 Å². The standard InChI is InChI=1S/C15H25N3OS/c1-4-16-9-12-13(11-5-6-11)17-14(20-12)18-7-8-19-15(2,3)10-18/h11,16H,4-10H2,1-3H3. The second-order valence-corrected chi connectivity index (χ2v) is 7.45. The van der Waals surface area contributed by atoms with Crippen LogP contribution in [0.5, 0.6) is 0 Å². The van der Waals surface area contributed by atoms with Gasteiger partial charge in [0.05, 0.1) is 17.9 Å². The summed E-state index contributed by atoms with van der Waals surface area (Å²) in [6.07, 6.45) is 2.63. The number of aromatic nitrogens is 1. The Labute approximate surface area is 125 Å². The maximum absolute atomic E-state index is 5.80. The Morgan fingerprint density at radius 1 is 1.45 bits per heavy atom. The smallest absolute Gasteiger partial charge is 0.186 e. The van der Waals surface area contributed by atoms with Gasteiger partial charge in [0.15, 0.2) is 5.13 Å². The molecule has 1 saturated carbocycles. The van der Waals surface area contributed by atoms with Gasteiger partial charge >= 0.3 is 0 Å². The lowest BCUT2D eigenvalue weighted by molar-refractivity contribution is -0.0277. The fourth-order valence-electron chi connectivity index (χ4n) is 2.71. The fourth-order valence-corrected chi connectivity index (χ4v) is 3.85. The Morgan fingerprint density at radius 3 is 2.90 bits per heavy atom. The number of rotatable bonds is 5. The molecule has 1 aromatic rings. The van der Waals surface area contributed by atoms with Crippen molar-refractivity contribution in [3.05, 3.63) is 10.6 Å². The summed E-state index contributed by atoms with van der Waals surface area (Å²) < 4.78 is 5.80. The fraction of sp³-hybridized carbons (Fsp3) is 0.800. The summed E-state index contributed by atoms with van der Waals surface area (Å²) in [7, 11) is 0. The molecule has 0 bridgehead atoms. The van der Waals surface area contributed by atoms with Crippen LogP contribution in [-0.4, -0.2) is 36.8 Å². The van der Waals surface area contributed by atoms with E-state index in [0.717, 1.165) is 38.7 Å². The van der Waals surface area contributed by atoms with Crippen LogP contribution in [0.15, 0.2) is 0 Å². The van der Waals surface area contributed by atoms with Crippen LogP contribution in [0, 0.1) is 0 Å². The minimum Gasteiger partial charge on any atom is -0.372 e. The summed E-state index contributed by atoms with van der Waals surface area (Å²) in [6, 6.07) is 0. The summed E-state index contributed by atoms with van der Waals surface area (Å²) in [5.41, 5.74) is 1.29.